The maximum atomic E-state index is 9.68. The van der Waals surface area contributed by atoms with E-state index in [1.54, 1.807) is 0 Å². The molecule has 1 heterocycles. The van der Waals surface area contributed by atoms with Gasteiger partial charge in [0.05, 0.1) is 31.5 Å². The molecule has 0 bridgehead atoms. The van der Waals surface area contributed by atoms with E-state index in [2.05, 4.69) is 0 Å². The van der Waals surface area contributed by atoms with E-state index in [4.69, 9.17) is 14.6 Å². The molecule has 4 heteroatoms. The fourth-order valence-corrected chi connectivity index (χ4v) is 2.37. The highest BCUT2D eigenvalue weighted by Crippen LogP contribution is 2.21. The minimum absolute atomic E-state index is 0.0170. The van der Waals surface area contributed by atoms with Crippen LogP contribution < -0.4 is 0 Å². The Labute approximate surface area is 114 Å². The van der Waals surface area contributed by atoms with E-state index < -0.39 is 0 Å². The molecule has 1 aliphatic heterocycles. The molecule has 0 radical (unpaired) electrons. The maximum absolute atomic E-state index is 9.68. The van der Waals surface area contributed by atoms with Gasteiger partial charge in [0.1, 0.15) is 0 Å². The van der Waals surface area contributed by atoms with Crippen molar-refractivity contribution in [1.29, 1.82) is 0 Å². The lowest BCUT2D eigenvalue weighted by molar-refractivity contribution is -0.119. The van der Waals surface area contributed by atoms with Gasteiger partial charge in [-0.25, -0.2) is 0 Å². The largest absolute Gasteiger partial charge is 0.394 e. The molecule has 0 aromatic heterocycles. The van der Waals surface area contributed by atoms with Crippen molar-refractivity contribution < 1.29 is 19.7 Å². The van der Waals surface area contributed by atoms with Crippen molar-refractivity contribution in [3.8, 4) is 0 Å². The van der Waals surface area contributed by atoms with Crippen molar-refractivity contribution in [2.75, 3.05) is 13.2 Å². The Morgan fingerprint density at radius 1 is 1.16 bits per heavy atom. The fourth-order valence-electron chi connectivity index (χ4n) is 2.37. The molecule has 1 aromatic carbocycles. The van der Waals surface area contributed by atoms with Gasteiger partial charge in [0.15, 0.2) is 0 Å². The van der Waals surface area contributed by atoms with Crippen LogP contribution in [0.2, 0.25) is 0 Å². The Morgan fingerprint density at radius 2 is 1.89 bits per heavy atom. The lowest BCUT2D eigenvalue weighted by Gasteiger charge is -2.32. The first kappa shape index (κ1) is 14.5. The van der Waals surface area contributed by atoms with E-state index in [9.17, 15) is 5.11 Å². The highest BCUT2D eigenvalue weighted by Gasteiger charge is 2.27. The lowest BCUT2D eigenvalue weighted by Crippen LogP contribution is -2.38. The van der Waals surface area contributed by atoms with Crippen molar-refractivity contribution >= 4 is 0 Å². The zero-order valence-corrected chi connectivity index (χ0v) is 11.1. The molecule has 0 spiro atoms. The SMILES string of the molecule is OC[C@H]1C[C@@H](O)C[C@@H](CCOCc2ccccc2)O1. The number of hydrogen-bond acceptors (Lipinski definition) is 4. The quantitative estimate of drug-likeness (QED) is 0.766. The monoisotopic (exact) mass is 266 g/mol. The first-order valence-electron chi connectivity index (χ1n) is 6.84. The minimum Gasteiger partial charge on any atom is -0.394 e. The Morgan fingerprint density at radius 3 is 2.63 bits per heavy atom. The summed E-state index contributed by atoms with van der Waals surface area (Å²) in [7, 11) is 0. The third-order valence-electron chi connectivity index (χ3n) is 3.35. The molecule has 1 aliphatic rings. The summed E-state index contributed by atoms with van der Waals surface area (Å²) >= 11 is 0. The van der Waals surface area contributed by atoms with Gasteiger partial charge in [-0.3, -0.25) is 0 Å². The molecule has 19 heavy (non-hydrogen) atoms. The normalized spacial score (nSPS) is 27.4. The van der Waals surface area contributed by atoms with Crippen LogP contribution in [0.15, 0.2) is 30.3 Å². The Hall–Kier alpha value is -0.940. The Kier molecular flexibility index (Phi) is 5.79. The van der Waals surface area contributed by atoms with E-state index in [0.29, 0.717) is 26.1 Å². The molecule has 0 aliphatic carbocycles. The highest BCUT2D eigenvalue weighted by molar-refractivity contribution is 5.13. The van der Waals surface area contributed by atoms with E-state index in [-0.39, 0.29) is 24.9 Å². The van der Waals surface area contributed by atoms with Gasteiger partial charge in [0.2, 0.25) is 0 Å². The Bertz CT molecular complexity index is 354. The third kappa shape index (κ3) is 4.91. The van der Waals surface area contributed by atoms with Crippen LogP contribution in [0.4, 0.5) is 0 Å². The second-order valence-corrected chi connectivity index (χ2v) is 5.01. The van der Waals surface area contributed by atoms with E-state index in [1.807, 2.05) is 30.3 Å². The molecule has 1 fully saturated rings. The van der Waals surface area contributed by atoms with Crippen LogP contribution in [-0.4, -0.2) is 41.7 Å². The van der Waals surface area contributed by atoms with Crippen molar-refractivity contribution in [2.45, 2.75) is 44.2 Å². The third-order valence-corrected chi connectivity index (χ3v) is 3.35. The molecular formula is C15H22O4. The summed E-state index contributed by atoms with van der Waals surface area (Å²) in [4.78, 5) is 0. The molecule has 1 aromatic rings. The molecule has 106 valence electrons. The number of benzene rings is 1. The van der Waals surface area contributed by atoms with Gasteiger partial charge in [0, 0.05) is 13.0 Å². The Balaban J connectivity index is 1.65. The number of hydrogen-bond donors (Lipinski definition) is 2. The predicted octanol–water partition coefficient (Wildman–Crippen LogP) is 1.49. The zero-order chi connectivity index (χ0) is 13.5. The van der Waals surface area contributed by atoms with Gasteiger partial charge < -0.3 is 19.7 Å². The minimum atomic E-state index is -0.370. The van der Waals surface area contributed by atoms with Gasteiger partial charge in [-0.2, -0.15) is 0 Å². The predicted molar refractivity (Wildman–Crippen MR) is 71.7 cm³/mol. The summed E-state index contributed by atoms with van der Waals surface area (Å²) in [5.74, 6) is 0. The standard InChI is InChI=1S/C15H22O4/c16-10-15-9-13(17)8-14(19-15)6-7-18-11-12-4-2-1-3-5-12/h1-5,13-17H,6-11H2/t13-,14+,15+/m0/s1. The first-order valence-corrected chi connectivity index (χ1v) is 6.84. The molecule has 1 saturated heterocycles. The second kappa shape index (κ2) is 7.60. The topological polar surface area (TPSA) is 58.9 Å². The van der Waals surface area contributed by atoms with Gasteiger partial charge >= 0.3 is 0 Å². The van der Waals surface area contributed by atoms with Crippen LogP contribution in [0.25, 0.3) is 0 Å². The molecule has 4 nitrogen and oxygen atoms in total. The smallest absolute Gasteiger partial charge is 0.0834 e. The molecule has 2 rings (SSSR count). The van der Waals surface area contributed by atoms with Crippen molar-refractivity contribution in [3.63, 3.8) is 0 Å². The van der Waals surface area contributed by atoms with E-state index in [0.717, 1.165) is 12.0 Å². The number of rotatable bonds is 6. The van der Waals surface area contributed by atoms with E-state index in [1.165, 1.54) is 0 Å². The molecule has 3 atom stereocenters. The molecular weight excluding hydrogens is 244 g/mol. The maximum Gasteiger partial charge on any atom is 0.0834 e. The van der Waals surface area contributed by atoms with Gasteiger partial charge in [-0.05, 0) is 18.4 Å². The summed E-state index contributed by atoms with van der Waals surface area (Å²) in [5.41, 5.74) is 1.15. The molecule has 0 unspecified atom stereocenters. The molecule has 2 N–H and O–H groups in total. The van der Waals surface area contributed by atoms with Crippen LogP contribution in [0.3, 0.4) is 0 Å². The van der Waals surface area contributed by atoms with Crippen LogP contribution in [0.1, 0.15) is 24.8 Å². The number of aliphatic hydroxyl groups is 2. The highest BCUT2D eigenvalue weighted by atomic mass is 16.5. The number of ether oxygens (including phenoxy) is 2. The lowest BCUT2D eigenvalue weighted by atomic mass is 10.00. The first-order chi connectivity index (χ1) is 9.28. The average Bonchev–Trinajstić information content (AvgIpc) is 2.44. The summed E-state index contributed by atoms with van der Waals surface area (Å²) in [6, 6.07) is 10.0. The van der Waals surface area contributed by atoms with Gasteiger partial charge in [-0.15, -0.1) is 0 Å². The van der Waals surface area contributed by atoms with Gasteiger partial charge in [0.25, 0.3) is 0 Å². The van der Waals surface area contributed by atoms with Crippen molar-refractivity contribution in [1.82, 2.24) is 0 Å². The number of aliphatic hydroxyl groups excluding tert-OH is 2. The van der Waals surface area contributed by atoms with Crippen molar-refractivity contribution in [3.05, 3.63) is 35.9 Å². The van der Waals surface area contributed by atoms with E-state index >= 15 is 0 Å². The van der Waals surface area contributed by atoms with Crippen LogP contribution in [-0.2, 0) is 16.1 Å². The molecule has 0 amide bonds. The average molecular weight is 266 g/mol. The van der Waals surface area contributed by atoms with Crippen molar-refractivity contribution in [2.24, 2.45) is 0 Å². The van der Waals surface area contributed by atoms with Crippen LogP contribution in [0.5, 0.6) is 0 Å². The summed E-state index contributed by atoms with van der Waals surface area (Å²) in [5, 5.41) is 18.8. The summed E-state index contributed by atoms with van der Waals surface area (Å²) in [6.07, 6.45) is 1.29. The second-order valence-electron chi connectivity index (χ2n) is 5.01. The fraction of sp³-hybridized carbons (Fsp3) is 0.600. The van der Waals surface area contributed by atoms with Crippen LogP contribution >= 0.6 is 0 Å². The summed E-state index contributed by atoms with van der Waals surface area (Å²) < 4.78 is 11.3. The zero-order valence-electron chi connectivity index (χ0n) is 11.1. The molecule has 0 saturated carbocycles. The van der Waals surface area contributed by atoms with Gasteiger partial charge in [-0.1, -0.05) is 30.3 Å². The summed E-state index contributed by atoms with van der Waals surface area (Å²) in [6.45, 7) is 1.17. The van der Waals surface area contributed by atoms with Crippen LogP contribution in [0, 0.1) is 0 Å².